The van der Waals surface area contributed by atoms with Crippen molar-refractivity contribution in [3.8, 4) is 0 Å². The minimum atomic E-state index is 0.144. The van der Waals surface area contributed by atoms with Gasteiger partial charge in [0.1, 0.15) is 0 Å². The van der Waals surface area contributed by atoms with Crippen LogP contribution in [0.25, 0.3) is 0 Å². The van der Waals surface area contributed by atoms with Crippen molar-refractivity contribution < 1.29 is 0 Å². The quantitative estimate of drug-likeness (QED) is 0.439. The zero-order chi connectivity index (χ0) is 6.95. The Morgan fingerprint density at radius 1 is 1.22 bits per heavy atom. The lowest BCUT2D eigenvalue weighted by atomic mass is 10.2. The second-order valence-corrected chi connectivity index (χ2v) is 4.43. The Labute approximate surface area is 61.1 Å². The van der Waals surface area contributed by atoms with E-state index in [4.69, 9.17) is 0 Å². The summed E-state index contributed by atoms with van der Waals surface area (Å²) in [6, 6.07) is 1.48. The van der Waals surface area contributed by atoms with Crippen molar-refractivity contribution in [1.82, 2.24) is 4.98 Å². The van der Waals surface area contributed by atoms with E-state index in [1.807, 2.05) is 0 Å². The van der Waals surface area contributed by atoms with Crippen molar-refractivity contribution in [3.05, 3.63) is 0 Å². The lowest BCUT2D eigenvalue weighted by molar-refractivity contribution is 0.699. The highest BCUT2D eigenvalue weighted by Crippen LogP contribution is 2.00. The van der Waals surface area contributed by atoms with Gasteiger partial charge in [0.25, 0.3) is 0 Å². The Hall–Kier alpha value is 0.177. The van der Waals surface area contributed by atoms with Crippen LogP contribution in [0, 0.1) is 0 Å². The average molecular weight is 145 g/mol. The maximum atomic E-state index is 3.28. The summed E-state index contributed by atoms with van der Waals surface area (Å²) in [6.45, 7) is 2.26. The van der Waals surface area contributed by atoms with Gasteiger partial charge in [0.2, 0.25) is 0 Å². The van der Waals surface area contributed by atoms with Gasteiger partial charge in [-0.05, 0) is 13.1 Å². The van der Waals surface area contributed by atoms with Gasteiger partial charge >= 0.3 is 0 Å². The van der Waals surface area contributed by atoms with Crippen molar-refractivity contribution in [1.29, 1.82) is 0 Å². The van der Waals surface area contributed by atoms with E-state index in [1.54, 1.807) is 0 Å². The molecule has 0 aromatic rings. The summed E-state index contributed by atoms with van der Waals surface area (Å²) in [6.07, 6.45) is 5.70. The lowest BCUT2D eigenvalue weighted by Crippen LogP contribution is -2.11. The summed E-state index contributed by atoms with van der Waals surface area (Å²) in [5, 5.41) is 0. The molecule has 1 nitrogen and oxygen atoms in total. The molecular weight excluding hydrogens is 126 g/mol. The summed E-state index contributed by atoms with van der Waals surface area (Å²) in [4.78, 5) is 3.28. The van der Waals surface area contributed by atoms with E-state index in [0.29, 0.717) is 0 Å². The molecule has 0 aromatic heterocycles. The zero-order valence-electron chi connectivity index (χ0n) is 6.74. The standard InChI is InChI=1S/C7H19NSi/c1-3-4-5-6-7-9-8-2/h8H,3-7,9H2,1-2H3. The molecule has 56 valence electrons. The lowest BCUT2D eigenvalue weighted by Gasteiger charge is -1.96. The van der Waals surface area contributed by atoms with Gasteiger partial charge in [-0.15, -0.1) is 0 Å². The third kappa shape index (κ3) is 8.18. The van der Waals surface area contributed by atoms with Crippen LogP contribution in [0.15, 0.2) is 0 Å². The first-order valence-corrected chi connectivity index (χ1v) is 5.77. The van der Waals surface area contributed by atoms with Gasteiger partial charge in [-0.2, -0.15) is 0 Å². The fourth-order valence-electron chi connectivity index (χ4n) is 0.905. The predicted octanol–water partition coefficient (Wildman–Crippen LogP) is 1.29. The van der Waals surface area contributed by atoms with Gasteiger partial charge in [-0.1, -0.05) is 32.6 Å². The van der Waals surface area contributed by atoms with Crippen LogP contribution >= 0.6 is 0 Å². The monoisotopic (exact) mass is 145 g/mol. The predicted molar refractivity (Wildman–Crippen MR) is 46.6 cm³/mol. The number of unbranched alkanes of at least 4 members (excludes halogenated alkanes) is 3. The van der Waals surface area contributed by atoms with E-state index in [1.165, 1.54) is 31.7 Å². The minimum absolute atomic E-state index is 0.144. The first kappa shape index (κ1) is 9.18. The van der Waals surface area contributed by atoms with Crippen LogP contribution in [0.1, 0.15) is 32.6 Å². The largest absolute Gasteiger partial charge is 0.345 e. The maximum absolute atomic E-state index is 3.28. The van der Waals surface area contributed by atoms with Gasteiger partial charge in [0.15, 0.2) is 0 Å². The van der Waals surface area contributed by atoms with E-state index in [-0.39, 0.29) is 9.68 Å². The molecular formula is C7H19NSi. The van der Waals surface area contributed by atoms with Crippen LogP contribution in [-0.4, -0.2) is 16.7 Å². The van der Waals surface area contributed by atoms with Crippen LogP contribution in [-0.2, 0) is 0 Å². The molecule has 0 amide bonds. The SMILES string of the molecule is CCCCCC[SiH2]NC. The Morgan fingerprint density at radius 3 is 2.56 bits per heavy atom. The average Bonchev–Trinajstić information content (AvgIpc) is 1.89. The Bertz CT molecular complexity index is 42.2. The zero-order valence-corrected chi connectivity index (χ0v) is 8.16. The molecule has 0 aliphatic rings. The van der Waals surface area contributed by atoms with Gasteiger partial charge in [0, 0.05) is 0 Å². The van der Waals surface area contributed by atoms with Crippen LogP contribution < -0.4 is 4.98 Å². The molecule has 0 saturated heterocycles. The number of hydrogen-bond acceptors (Lipinski definition) is 1. The molecule has 0 rings (SSSR count). The Balaban J connectivity index is 2.60. The molecule has 1 N–H and O–H groups in total. The van der Waals surface area contributed by atoms with Gasteiger partial charge in [0.05, 0.1) is 9.68 Å². The van der Waals surface area contributed by atoms with Crippen LogP contribution in [0.4, 0.5) is 0 Å². The Morgan fingerprint density at radius 2 is 2.00 bits per heavy atom. The molecule has 0 atom stereocenters. The highest BCUT2D eigenvalue weighted by molar-refractivity contribution is 6.31. The number of hydrogen-bond donors (Lipinski definition) is 1. The molecule has 0 saturated carbocycles. The summed E-state index contributed by atoms with van der Waals surface area (Å²) < 4.78 is 0. The molecule has 0 aliphatic carbocycles. The van der Waals surface area contributed by atoms with Crippen molar-refractivity contribution >= 4 is 9.68 Å². The normalized spacial score (nSPS) is 11.3. The van der Waals surface area contributed by atoms with Gasteiger partial charge in [-0.3, -0.25) is 0 Å². The maximum Gasteiger partial charge on any atom is 0.0913 e. The van der Waals surface area contributed by atoms with Crippen molar-refractivity contribution in [2.24, 2.45) is 0 Å². The molecule has 0 fully saturated rings. The molecule has 0 radical (unpaired) electrons. The van der Waals surface area contributed by atoms with E-state index >= 15 is 0 Å². The van der Waals surface area contributed by atoms with Gasteiger partial charge in [-0.25, -0.2) is 0 Å². The van der Waals surface area contributed by atoms with Crippen molar-refractivity contribution in [2.75, 3.05) is 7.05 Å². The third-order valence-electron chi connectivity index (χ3n) is 1.53. The van der Waals surface area contributed by atoms with Crippen LogP contribution in [0.2, 0.25) is 6.04 Å². The van der Waals surface area contributed by atoms with E-state index in [0.717, 1.165) is 0 Å². The van der Waals surface area contributed by atoms with E-state index in [2.05, 4.69) is 19.0 Å². The van der Waals surface area contributed by atoms with Crippen LogP contribution in [0.5, 0.6) is 0 Å². The van der Waals surface area contributed by atoms with Crippen molar-refractivity contribution in [2.45, 2.75) is 38.7 Å². The molecule has 9 heavy (non-hydrogen) atoms. The third-order valence-corrected chi connectivity index (χ3v) is 2.88. The van der Waals surface area contributed by atoms with E-state index < -0.39 is 0 Å². The molecule has 0 spiro atoms. The molecule has 2 heteroatoms. The highest BCUT2D eigenvalue weighted by atomic mass is 28.2. The molecule has 0 bridgehead atoms. The number of nitrogens with one attached hydrogen (secondary N) is 1. The fourth-order valence-corrected chi connectivity index (χ4v) is 1.86. The second kappa shape index (κ2) is 8.18. The van der Waals surface area contributed by atoms with Gasteiger partial charge < -0.3 is 4.98 Å². The van der Waals surface area contributed by atoms with Crippen LogP contribution in [0.3, 0.4) is 0 Å². The molecule has 0 aliphatic heterocycles. The first-order chi connectivity index (χ1) is 4.41. The highest BCUT2D eigenvalue weighted by Gasteiger charge is 1.86. The topological polar surface area (TPSA) is 12.0 Å². The molecule has 0 unspecified atom stereocenters. The summed E-state index contributed by atoms with van der Waals surface area (Å²) in [7, 11) is 2.22. The smallest absolute Gasteiger partial charge is 0.0913 e. The summed E-state index contributed by atoms with van der Waals surface area (Å²) in [5.74, 6) is 0. The van der Waals surface area contributed by atoms with Crippen molar-refractivity contribution in [3.63, 3.8) is 0 Å². The second-order valence-electron chi connectivity index (χ2n) is 2.52. The minimum Gasteiger partial charge on any atom is -0.345 e. The molecule has 0 aromatic carbocycles. The molecule has 0 heterocycles. The summed E-state index contributed by atoms with van der Waals surface area (Å²) >= 11 is 0. The number of rotatable bonds is 6. The fraction of sp³-hybridized carbons (Fsp3) is 1.00. The van der Waals surface area contributed by atoms with E-state index in [9.17, 15) is 0 Å². The first-order valence-electron chi connectivity index (χ1n) is 4.06. The Kier molecular flexibility index (Phi) is 8.34. The summed E-state index contributed by atoms with van der Waals surface area (Å²) in [5.41, 5.74) is 0.